The number of aliphatic hydroxyl groups excluding tert-OH is 1. The molecule has 0 amide bonds. The van der Waals surface area contributed by atoms with E-state index in [4.69, 9.17) is 11.5 Å². The van der Waals surface area contributed by atoms with E-state index in [1.54, 1.807) is 0 Å². The Morgan fingerprint density at radius 2 is 1.19 bits per heavy atom. The molecule has 0 fully saturated rings. The second-order valence-corrected chi connectivity index (χ2v) is 6.49. The Morgan fingerprint density at radius 3 is 1.76 bits per heavy atom. The van der Waals surface area contributed by atoms with Crippen molar-refractivity contribution < 1.29 is 5.11 Å². The van der Waals surface area contributed by atoms with E-state index in [-0.39, 0.29) is 12.1 Å². The van der Waals surface area contributed by atoms with Crippen LogP contribution in [0.2, 0.25) is 0 Å². The van der Waals surface area contributed by atoms with Crippen LogP contribution in [0.4, 0.5) is 0 Å². The van der Waals surface area contributed by atoms with E-state index in [9.17, 15) is 5.11 Å². The Labute approximate surface area is 132 Å². The predicted octanol–water partition coefficient (Wildman–Crippen LogP) is 4.11. The summed E-state index contributed by atoms with van der Waals surface area (Å²) in [4.78, 5) is 0. The summed E-state index contributed by atoms with van der Waals surface area (Å²) in [7, 11) is 0. The summed E-state index contributed by atoms with van der Waals surface area (Å²) in [6.07, 6.45) is 16.5. The van der Waals surface area contributed by atoms with Gasteiger partial charge in [-0.1, -0.05) is 77.6 Å². The molecule has 0 spiro atoms. The standard InChI is InChI=1S/C18H40N2O/c1-2-3-4-5-9-12-15-18(21)17(20)14-11-8-6-7-10-13-16-19/h17-18,21H,2-16,19-20H2,1H3. The van der Waals surface area contributed by atoms with E-state index in [0.29, 0.717) is 0 Å². The van der Waals surface area contributed by atoms with Crippen LogP contribution >= 0.6 is 0 Å². The average molecular weight is 301 g/mol. The first-order valence-electron chi connectivity index (χ1n) is 9.36. The van der Waals surface area contributed by atoms with Crippen LogP contribution < -0.4 is 11.5 Å². The molecule has 0 saturated heterocycles. The lowest BCUT2D eigenvalue weighted by Crippen LogP contribution is -2.34. The minimum atomic E-state index is -0.298. The summed E-state index contributed by atoms with van der Waals surface area (Å²) in [5, 5.41) is 10.1. The van der Waals surface area contributed by atoms with Gasteiger partial charge < -0.3 is 16.6 Å². The van der Waals surface area contributed by atoms with Gasteiger partial charge in [-0.3, -0.25) is 0 Å². The predicted molar refractivity (Wildman–Crippen MR) is 93.3 cm³/mol. The lowest BCUT2D eigenvalue weighted by atomic mass is 9.98. The smallest absolute Gasteiger partial charge is 0.0691 e. The molecule has 0 radical (unpaired) electrons. The van der Waals surface area contributed by atoms with Crippen LogP contribution in [0, 0.1) is 0 Å². The molecule has 0 aliphatic carbocycles. The van der Waals surface area contributed by atoms with Gasteiger partial charge in [0.25, 0.3) is 0 Å². The van der Waals surface area contributed by atoms with Crippen LogP contribution in [-0.2, 0) is 0 Å². The normalized spacial score (nSPS) is 14.3. The minimum Gasteiger partial charge on any atom is -0.392 e. The fraction of sp³-hybridized carbons (Fsp3) is 1.00. The minimum absolute atomic E-state index is 0.0234. The van der Waals surface area contributed by atoms with Gasteiger partial charge in [-0.25, -0.2) is 0 Å². The molecule has 3 nitrogen and oxygen atoms in total. The molecule has 0 rings (SSSR count). The molecule has 0 aliphatic rings. The summed E-state index contributed by atoms with van der Waals surface area (Å²) in [6, 6.07) is -0.0234. The van der Waals surface area contributed by atoms with Gasteiger partial charge in [0.1, 0.15) is 0 Å². The van der Waals surface area contributed by atoms with E-state index in [1.807, 2.05) is 0 Å². The molecule has 2 unspecified atom stereocenters. The topological polar surface area (TPSA) is 72.3 Å². The summed E-state index contributed by atoms with van der Waals surface area (Å²) < 4.78 is 0. The van der Waals surface area contributed by atoms with Gasteiger partial charge in [-0.05, 0) is 25.8 Å². The highest BCUT2D eigenvalue weighted by Gasteiger charge is 2.13. The van der Waals surface area contributed by atoms with Gasteiger partial charge in [-0.2, -0.15) is 0 Å². The van der Waals surface area contributed by atoms with Crippen molar-refractivity contribution in [1.82, 2.24) is 0 Å². The second-order valence-electron chi connectivity index (χ2n) is 6.49. The maximum absolute atomic E-state index is 10.1. The average Bonchev–Trinajstić information content (AvgIpc) is 2.49. The summed E-state index contributed by atoms with van der Waals surface area (Å²) in [5.41, 5.74) is 11.5. The molecule has 0 aromatic heterocycles. The van der Waals surface area contributed by atoms with Crippen LogP contribution in [0.15, 0.2) is 0 Å². The third kappa shape index (κ3) is 14.6. The number of unbranched alkanes of at least 4 members (excludes halogenated alkanes) is 10. The van der Waals surface area contributed by atoms with Crippen molar-refractivity contribution in [2.45, 2.75) is 109 Å². The van der Waals surface area contributed by atoms with Crippen LogP contribution in [-0.4, -0.2) is 23.8 Å². The highest BCUT2D eigenvalue weighted by atomic mass is 16.3. The van der Waals surface area contributed by atoms with Crippen molar-refractivity contribution in [2.75, 3.05) is 6.54 Å². The van der Waals surface area contributed by atoms with Crippen molar-refractivity contribution in [1.29, 1.82) is 0 Å². The maximum atomic E-state index is 10.1. The zero-order chi connectivity index (χ0) is 15.8. The van der Waals surface area contributed by atoms with Crippen LogP contribution in [0.3, 0.4) is 0 Å². The molecular formula is C18H40N2O. The fourth-order valence-corrected chi connectivity index (χ4v) is 2.77. The molecule has 0 heterocycles. The first kappa shape index (κ1) is 20.9. The van der Waals surface area contributed by atoms with Crippen molar-refractivity contribution in [3.63, 3.8) is 0 Å². The third-order valence-corrected chi connectivity index (χ3v) is 4.34. The quantitative estimate of drug-likeness (QED) is 0.375. The molecule has 0 bridgehead atoms. The summed E-state index contributed by atoms with van der Waals surface area (Å²) in [5.74, 6) is 0. The SMILES string of the molecule is CCCCCCCCC(O)C(N)CCCCCCCCN. The molecule has 0 aliphatic heterocycles. The van der Waals surface area contributed by atoms with E-state index in [0.717, 1.165) is 38.6 Å². The largest absolute Gasteiger partial charge is 0.392 e. The van der Waals surface area contributed by atoms with Crippen molar-refractivity contribution >= 4 is 0 Å². The Hall–Kier alpha value is -0.120. The zero-order valence-electron chi connectivity index (χ0n) is 14.4. The Balaban J connectivity index is 3.34. The summed E-state index contributed by atoms with van der Waals surface area (Å²) in [6.45, 7) is 3.05. The van der Waals surface area contributed by atoms with Gasteiger partial charge in [0.2, 0.25) is 0 Å². The Kier molecular flexibility index (Phi) is 16.2. The van der Waals surface area contributed by atoms with Gasteiger partial charge in [0.05, 0.1) is 6.10 Å². The van der Waals surface area contributed by atoms with Gasteiger partial charge in [0, 0.05) is 6.04 Å². The van der Waals surface area contributed by atoms with Crippen molar-refractivity contribution in [3.8, 4) is 0 Å². The van der Waals surface area contributed by atoms with Crippen LogP contribution in [0.1, 0.15) is 96.8 Å². The Bertz CT molecular complexity index is 200. The molecule has 128 valence electrons. The van der Waals surface area contributed by atoms with E-state index < -0.39 is 0 Å². The fourth-order valence-electron chi connectivity index (χ4n) is 2.77. The number of rotatable bonds is 16. The monoisotopic (exact) mass is 300 g/mol. The molecule has 21 heavy (non-hydrogen) atoms. The molecule has 0 aromatic carbocycles. The zero-order valence-corrected chi connectivity index (χ0v) is 14.4. The van der Waals surface area contributed by atoms with E-state index >= 15 is 0 Å². The first-order chi connectivity index (χ1) is 10.2. The lowest BCUT2D eigenvalue weighted by molar-refractivity contribution is 0.126. The Morgan fingerprint density at radius 1 is 0.714 bits per heavy atom. The number of nitrogens with two attached hydrogens (primary N) is 2. The molecule has 3 heteroatoms. The highest BCUT2D eigenvalue weighted by molar-refractivity contribution is 4.71. The van der Waals surface area contributed by atoms with Crippen molar-refractivity contribution in [3.05, 3.63) is 0 Å². The maximum Gasteiger partial charge on any atom is 0.0691 e. The number of hydrogen-bond acceptors (Lipinski definition) is 3. The lowest BCUT2D eigenvalue weighted by Gasteiger charge is -2.18. The molecular weight excluding hydrogens is 260 g/mol. The van der Waals surface area contributed by atoms with E-state index in [1.165, 1.54) is 57.8 Å². The highest BCUT2D eigenvalue weighted by Crippen LogP contribution is 2.13. The molecule has 5 N–H and O–H groups in total. The van der Waals surface area contributed by atoms with Gasteiger partial charge >= 0.3 is 0 Å². The molecule has 0 saturated carbocycles. The van der Waals surface area contributed by atoms with Crippen molar-refractivity contribution in [2.24, 2.45) is 11.5 Å². The molecule has 2 atom stereocenters. The second kappa shape index (κ2) is 16.3. The van der Waals surface area contributed by atoms with Crippen LogP contribution in [0.5, 0.6) is 0 Å². The summed E-state index contributed by atoms with van der Waals surface area (Å²) >= 11 is 0. The van der Waals surface area contributed by atoms with E-state index in [2.05, 4.69) is 6.92 Å². The third-order valence-electron chi connectivity index (χ3n) is 4.34. The molecule has 0 aromatic rings. The van der Waals surface area contributed by atoms with Gasteiger partial charge in [-0.15, -0.1) is 0 Å². The van der Waals surface area contributed by atoms with Gasteiger partial charge in [0.15, 0.2) is 0 Å². The first-order valence-corrected chi connectivity index (χ1v) is 9.36. The number of hydrogen-bond donors (Lipinski definition) is 3. The number of aliphatic hydroxyl groups is 1. The van der Waals surface area contributed by atoms with Crippen LogP contribution in [0.25, 0.3) is 0 Å².